The van der Waals surface area contributed by atoms with E-state index in [2.05, 4.69) is 24.1 Å². The van der Waals surface area contributed by atoms with E-state index in [1.54, 1.807) is 0 Å². The summed E-state index contributed by atoms with van der Waals surface area (Å²) in [6.07, 6.45) is 4.62. The maximum atomic E-state index is 12.4. The van der Waals surface area contributed by atoms with Crippen LogP contribution in [0.15, 0.2) is 30.3 Å². The summed E-state index contributed by atoms with van der Waals surface area (Å²) in [7, 11) is 0. The Morgan fingerprint density at radius 3 is 2.90 bits per heavy atom. The second-order valence-electron chi connectivity index (χ2n) is 6.70. The molecular weight excluding hydrogens is 248 g/mol. The van der Waals surface area contributed by atoms with E-state index < -0.39 is 0 Å². The number of aromatic nitrogens is 1. The van der Waals surface area contributed by atoms with Crippen LogP contribution < -0.4 is 5.32 Å². The third-order valence-corrected chi connectivity index (χ3v) is 4.31. The van der Waals surface area contributed by atoms with Gasteiger partial charge in [-0.05, 0) is 36.8 Å². The highest BCUT2D eigenvalue weighted by molar-refractivity contribution is 5.98. The van der Waals surface area contributed by atoms with Crippen molar-refractivity contribution in [3.8, 4) is 0 Å². The molecule has 1 aliphatic carbocycles. The number of carbonyl (C=O) groups is 1. The molecular formula is C17H22N2O. The molecule has 1 aromatic heterocycles. The molecule has 1 atom stereocenters. The highest BCUT2D eigenvalue weighted by Gasteiger charge is 2.29. The lowest BCUT2D eigenvalue weighted by Crippen LogP contribution is -2.40. The van der Waals surface area contributed by atoms with Gasteiger partial charge in [0, 0.05) is 16.9 Å². The molecule has 1 heterocycles. The van der Waals surface area contributed by atoms with Gasteiger partial charge in [0.2, 0.25) is 0 Å². The maximum absolute atomic E-state index is 12.4. The molecule has 0 saturated heterocycles. The van der Waals surface area contributed by atoms with E-state index in [0.29, 0.717) is 17.2 Å². The molecule has 3 heteroatoms. The standard InChI is InChI=1S/C17H22N2O/c1-17(2)9-5-7-13(11-17)18-16(20)15-10-12-6-3-4-8-14(12)19-15/h3-4,6,8,10,13,19H,5,7,9,11H2,1-2H3,(H,18,20). The molecule has 0 spiro atoms. The van der Waals surface area contributed by atoms with Crippen LogP contribution in [0.25, 0.3) is 10.9 Å². The van der Waals surface area contributed by atoms with Crippen LogP contribution in [0.3, 0.4) is 0 Å². The van der Waals surface area contributed by atoms with Gasteiger partial charge < -0.3 is 10.3 Å². The summed E-state index contributed by atoms with van der Waals surface area (Å²) >= 11 is 0. The van der Waals surface area contributed by atoms with Gasteiger partial charge in [0.25, 0.3) is 5.91 Å². The quantitative estimate of drug-likeness (QED) is 0.855. The van der Waals surface area contributed by atoms with Crippen LogP contribution in [0.5, 0.6) is 0 Å². The highest BCUT2D eigenvalue weighted by Crippen LogP contribution is 2.35. The van der Waals surface area contributed by atoms with Gasteiger partial charge in [-0.25, -0.2) is 0 Å². The summed E-state index contributed by atoms with van der Waals surface area (Å²) in [5.41, 5.74) is 2.02. The molecule has 2 aromatic rings. The smallest absolute Gasteiger partial charge is 0.267 e. The molecule has 1 aliphatic rings. The number of hydrogen-bond donors (Lipinski definition) is 2. The fraction of sp³-hybridized carbons (Fsp3) is 0.471. The molecule has 3 nitrogen and oxygen atoms in total. The fourth-order valence-electron chi connectivity index (χ4n) is 3.28. The van der Waals surface area contributed by atoms with Gasteiger partial charge >= 0.3 is 0 Å². The van der Waals surface area contributed by atoms with Crippen LogP contribution in [0.4, 0.5) is 0 Å². The summed E-state index contributed by atoms with van der Waals surface area (Å²) in [5, 5.41) is 4.27. The van der Waals surface area contributed by atoms with E-state index in [1.807, 2.05) is 30.3 Å². The summed E-state index contributed by atoms with van der Waals surface area (Å²) < 4.78 is 0. The summed E-state index contributed by atoms with van der Waals surface area (Å²) in [6.45, 7) is 4.57. The van der Waals surface area contributed by atoms with E-state index in [1.165, 1.54) is 12.8 Å². The maximum Gasteiger partial charge on any atom is 0.267 e. The first-order valence-corrected chi connectivity index (χ1v) is 7.42. The van der Waals surface area contributed by atoms with E-state index in [0.717, 1.165) is 23.7 Å². The van der Waals surface area contributed by atoms with Crippen molar-refractivity contribution in [1.82, 2.24) is 10.3 Å². The molecule has 1 fully saturated rings. The molecule has 20 heavy (non-hydrogen) atoms. The first kappa shape index (κ1) is 13.2. The molecule has 0 aliphatic heterocycles. The number of rotatable bonds is 2. The fourth-order valence-corrected chi connectivity index (χ4v) is 3.28. The first-order chi connectivity index (χ1) is 9.53. The van der Waals surface area contributed by atoms with Crippen molar-refractivity contribution < 1.29 is 4.79 Å². The number of nitrogens with one attached hydrogen (secondary N) is 2. The van der Waals surface area contributed by atoms with Gasteiger partial charge in [-0.1, -0.05) is 38.5 Å². The van der Waals surface area contributed by atoms with E-state index in [9.17, 15) is 4.79 Å². The molecule has 1 saturated carbocycles. The Labute approximate surface area is 119 Å². The number of H-pyrrole nitrogens is 1. The molecule has 1 amide bonds. The Morgan fingerprint density at radius 1 is 1.35 bits per heavy atom. The molecule has 0 radical (unpaired) electrons. The molecule has 3 rings (SSSR count). The second kappa shape index (κ2) is 4.97. The first-order valence-electron chi connectivity index (χ1n) is 7.42. The van der Waals surface area contributed by atoms with Crippen molar-refractivity contribution in [1.29, 1.82) is 0 Å². The second-order valence-corrected chi connectivity index (χ2v) is 6.70. The number of amides is 1. The average molecular weight is 270 g/mol. The van der Waals surface area contributed by atoms with Gasteiger partial charge in [-0.15, -0.1) is 0 Å². The Balaban J connectivity index is 1.72. The lowest BCUT2D eigenvalue weighted by molar-refractivity contribution is 0.0898. The minimum Gasteiger partial charge on any atom is -0.351 e. The molecule has 106 valence electrons. The highest BCUT2D eigenvalue weighted by atomic mass is 16.1. The number of aromatic amines is 1. The van der Waals surface area contributed by atoms with Crippen molar-refractivity contribution in [2.24, 2.45) is 5.41 Å². The predicted molar refractivity (Wildman–Crippen MR) is 81.8 cm³/mol. The molecule has 1 aromatic carbocycles. The van der Waals surface area contributed by atoms with Crippen molar-refractivity contribution in [3.63, 3.8) is 0 Å². The SMILES string of the molecule is CC1(C)CCCC(NC(=O)c2cc3ccccc3[nH]2)C1. The van der Waals surface area contributed by atoms with Crippen molar-refractivity contribution in [2.45, 2.75) is 45.6 Å². The Bertz CT molecular complexity index is 594. The van der Waals surface area contributed by atoms with Gasteiger partial charge in [-0.2, -0.15) is 0 Å². The third kappa shape index (κ3) is 2.72. The van der Waals surface area contributed by atoms with Crippen LogP contribution in [-0.2, 0) is 0 Å². The Hall–Kier alpha value is -1.77. The van der Waals surface area contributed by atoms with Crippen LogP contribution in [0.1, 0.15) is 50.0 Å². The lowest BCUT2D eigenvalue weighted by Gasteiger charge is -2.35. The number of fused-ring (bicyclic) bond motifs is 1. The van der Waals surface area contributed by atoms with Crippen LogP contribution in [0.2, 0.25) is 0 Å². The number of para-hydroxylation sites is 1. The minimum absolute atomic E-state index is 0.0175. The van der Waals surface area contributed by atoms with Gasteiger partial charge in [-0.3, -0.25) is 4.79 Å². The van der Waals surface area contributed by atoms with E-state index >= 15 is 0 Å². The molecule has 1 unspecified atom stereocenters. The zero-order valence-electron chi connectivity index (χ0n) is 12.2. The minimum atomic E-state index is 0.0175. The van der Waals surface area contributed by atoms with Gasteiger partial charge in [0.15, 0.2) is 0 Å². The summed E-state index contributed by atoms with van der Waals surface area (Å²) in [4.78, 5) is 15.5. The zero-order valence-corrected chi connectivity index (χ0v) is 12.2. The van der Waals surface area contributed by atoms with Crippen LogP contribution in [-0.4, -0.2) is 16.9 Å². The average Bonchev–Trinajstić information content (AvgIpc) is 2.81. The van der Waals surface area contributed by atoms with Crippen molar-refractivity contribution in [3.05, 3.63) is 36.0 Å². The van der Waals surface area contributed by atoms with Gasteiger partial charge in [0.1, 0.15) is 5.69 Å². The largest absolute Gasteiger partial charge is 0.351 e. The predicted octanol–water partition coefficient (Wildman–Crippen LogP) is 3.87. The number of hydrogen-bond acceptors (Lipinski definition) is 1. The van der Waals surface area contributed by atoms with Gasteiger partial charge in [0.05, 0.1) is 0 Å². The summed E-state index contributed by atoms with van der Waals surface area (Å²) in [6, 6.07) is 10.2. The molecule has 0 bridgehead atoms. The number of carbonyl (C=O) groups excluding carboxylic acids is 1. The third-order valence-electron chi connectivity index (χ3n) is 4.31. The van der Waals surface area contributed by atoms with E-state index in [4.69, 9.17) is 0 Å². The van der Waals surface area contributed by atoms with Crippen LogP contribution >= 0.6 is 0 Å². The number of benzene rings is 1. The van der Waals surface area contributed by atoms with Crippen molar-refractivity contribution in [2.75, 3.05) is 0 Å². The lowest BCUT2D eigenvalue weighted by atomic mass is 9.75. The van der Waals surface area contributed by atoms with Crippen LogP contribution in [0, 0.1) is 5.41 Å². The normalized spacial score (nSPS) is 21.8. The van der Waals surface area contributed by atoms with E-state index in [-0.39, 0.29) is 5.91 Å². The molecule has 2 N–H and O–H groups in total. The monoisotopic (exact) mass is 270 g/mol. The van der Waals surface area contributed by atoms with Crippen molar-refractivity contribution >= 4 is 16.8 Å². The topological polar surface area (TPSA) is 44.9 Å². The Kier molecular flexibility index (Phi) is 3.28. The summed E-state index contributed by atoms with van der Waals surface area (Å²) in [5.74, 6) is 0.0175. The zero-order chi connectivity index (χ0) is 14.2. The Morgan fingerprint density at radius 2 is 2.15 bits per heavy atom.